The van der Waals surface area contributed by atoms with Crippen molar-refractivity contribution in [2.24, 2.45) is 0 Å². The number of hydrogen-bond acceptors (Lipinski definition) is 4. The van der Waals surface area contributed by atoms with E-state index in [4.69, 9.17) is 18.9 Å². The summed E-state index contributed by atoms with van der Waals surface area (Å²) in [4.78, 5) is 0. The Labute approximate surface area is 159 Å². The van der Waals surface area contributed by atoms with Gasteiger partial charge in [0.05, 0.1) is 37.4 Å². The van der Waals surface area contributed by atoms with E-state index < -0.39 is 0 Å². The van der Waals surface area contributed by atoms with Gasteiger partial charge in [0.25, 0.3) is 0 Å². The molecule has 0 saturated carbocycles. The highest BCUT2D eigenvalue weighted by atomic mass is 79.9. The summed E-state index contributed by atoms with van der Waals surface area (Å²) in [5.74, 6) is 3.22. The number of methoxy groups -OCH3 is 4. The summed E-state index contributed by atoms with van der Waals surface area (Å²) in [5.41, 5.74) is 2.14. The third-order valence-corrected chi connectivity index (χ3v) is 5.01. The average Bonchev–Trinajstić information content (AvgIpc) is 2.60. The first kappa shape index (κ1) is 18.9. The summed E-state index contributed by atoms with van der Waals surface area (Å²) in [6.07, 6.45) is 1.57. The van der Waals surface area contributed by atoms with Gasteiger partial charge in [-0.2, -0.15) is 0 Å². The molecule has 0 radical (unpaired) electrons. The molecule has 2 aromatic carbocycles. The zero-order valence-corrected chi connectivity index (χ0v) is 17.3. The summed E-state index contributed by atoms with van der Waals surface area (Å²) < 4.78 is 23.5. The predicted molar refractivity (Wildman–Crippen MR) is 102 cm³/mol. The lowest BCUT2D eigenvalue weighted by Crippen LogP contribution is -2.00. The fourth-order valence-electron chi connectivity index (χ4n) is 2.51. The maximum absolute atomic E-state index is 5.49. The van der Waals surface area contributed by atoms with Crippen molar-refractivity contribution in [3.8, 4) is 23.0 Å². The van der Waals surface area contributed by atoms with Gasteiger partial charge in [-0.3, -0.25) is 0 Å². The van der Waals surface area contributed by atoms with E-state index in [0.29, 0.717) is 0 Å². The molecule has 6 heteroatoms. The number of halogens is 2. The minimum atomic E-state index is 0.783. The Morgan fingerprint density at radius 3 is 1.21 bits per heavy atom. The van der Waals surface area contributed by atoms with E-state index in [1.54, 1.807) is 28.4 Å². The lowest BCUT2D eigenvalue weighted by atomic mass is 10.0. The Kier molecular flexibility index (Phi) is 6.80. The molecule has 4 nitrogen and oxygen atoms in total. The highest BCUT2D eigenvalue weighted by Crippen LogP contribution is 2.36. The maximum Gasteiger partial charge on any atom is 0.133 e. The van der Waals surface area contributed by atoms with Crippen molar-refractivity contribution >= 4 is 31.9 Å². The topological polar surface area (TPSA) is 36.9 Å². The molecule has 0 unspecified atom stereocenters. The molecule has 0 fully saturated rings. The molecule has 2 aromatic rings. The van der Waals surface area contributed by atoms with Gasteiger partial charge in [-0.1, -0.05) is 0 Å². The Bertz CT molecular complexity index is 655. The fourth-order valence-corrected chi connectivity index (χ4v) is 3.48. The smallest absolute Gasteiger partial charge is 0.133 e. The van der Waals surface area contributed by atoms with Crippen LogP contribution in [0.5, 0.6) is 23.0 Å². The van der Waals surface area contributed by atoms with Crippen molar-refractivity contribution in [3.05, 3.63) is 44.3 Å². The third-order valence-electron chi connectivity index (χ3n) is 3.77. The molecule has 0 atom stereocenters. The Morgan fingerprint density at radius 2 is 0.917 bits per heavy atom. The molecular weight excluding hydrogens is 440 g/mol. The number of benzene rings is 2. The third kappa shape index (κ3) is 4.16. The molecule has 0 heterocycles. The number of ether oxygens (including phenoxy) is 4. The molecule has 0 saturated heterocycles. The number of rotatable bonds is 7. The van der Waals surface area contributed by atoms with Crippen LogP contribution < -0.4 is 18.9 Å². The zero-order chi connectivity index (χ0) is 17.7. The van der Waals surface area contributed by atoms with E-state index in [2.05, 4.69) is 31.9 Å². The molecule has 130 valence electrons. The Morgan fingerprint density at radius 1 is 0.583 bits per heavy atom. The first-order valence-corrected chi connectivity index (χ1v) is 8.93. The zero-order valence-electron chi connectivity index (χ0n) is 14.1. The van der Waals surface area contributed by atoms with Gasteiger partial charge in [-0.15, -0.1) is 0 Å². The van der Waals surface area contributed by atoms with E-state index in [9.17, 15) is 0 Å². The lowest BCUT2D eigenvalue weighted by molar-refractivity contribution is 0.393. The maximum atomic E-state index is 5.49. The van der Waals surface area contributed by atoms with Crippen LogP contribution in [-0.2, 0) is 12.8 Å². The molecule has 2 rings (SSSR count). The highest BCUT2D eigenvalue weighted by molar-refractivity contribution is 9.10. The van der Waals surface area contributed by atoms with Gasteiger partial charge in [-0.05, 0) is 80.1 Å². The highest BCUT2D eigenvalue weighted by Gasteiger charge is 2.13. The van der Waals surface area contributed by atoms with Crippen molar-refractivity contribution in [3.63, 3.8) is 0 Å². The van der Waals surface area contributed by atoms with Crippen LogP contribution in [-0.4, -0.2) is 28.4 Å². The Hall–Kier alpha value is -1.40. The lowest BCUT2D eigenvalue weighted by Gasteiger charge is -2.15. The van der Waals surface area contributed by atoms with Crippen LogP contribution in [0.15, 0.2) is 33.2 Å². The summed E-state index contributed by atoms with van der Waals surface area (Å²) in [5, 5.41) is 0. The SMILES string of the molecule is COc1cc(CCc2cc(OC)c(Br)cc2OC)c(OC)cc1Br. The van der Waals surface area contributed by atoms with Gasteiger partial charge in [-0.25, -0.2) is 0 Å². The second-order valence-corrected chi connectivity index (χ2v) is 6.81. The molecule has 0 aromatic heterocycles. The van der Waals surface area contributed by atoms with Gasteiger partial charge in [0.2, 0.25) is 0 Å². The first-order chi connectivity index (χ1) is 11.5. The van der Waals surface area contributed by atoms with Crippen molar-refractivity contribution in [1.29, 1.82) is 0 Å². The number of hydrogen-bond donors (Lipinski definition) is 0. The molecule has 0 amide bonds. The second kappa shape index (κ2) is 8.62. The van der Waals surface area contributed by atoms with E-state index >= 15 is 0 Å². The van der Waals surface area contributed by atoms with Gasteiger partial charge < -0.3 is 18.9 Å². The molecule has 0 aliphatic heterocycles. The van der Waals surface area contributed by atoms with Gasteiger partial charge in [0.15, 0.2) is 0 Å². The molecule has 0 bridgehead atoms. The molecular formula is C18H20Br2O4. The van der Waals surface area contributed by atoms with E-state index in [1.807, 2.05) is 24.3 Å². The van der Waals surface area contributed by atoms with Crippen molar-refractivity contribution < 1.29 is 18.9 Å². The minimum absolute atomic E-state index is 0.783. The van der Waals surface area contributed by atoms with Crippen LogP contribution in [0.3, 0.4) is 0 Å². The normalized spacial score (nSPS) is 10.4. The summed E-state index contributed by atoms with van der Waals surface area (Å²) in [7, 11) is 6.64. The summed E-state index contributed by atoms with van der Waals surface area (Å²) in [6, 6.07) is 7.83. The van der Waals surface area contributed by atoms with Gasteiger partial charge in [0.1, 0.15) is 23.0 Å². The summed E-state index contributed by atoms with van der Waals surface area (Å²) >= 11 is 6.96. The standard InChI is InChI=1S/C18H20Br2O4/c1-21-15-9-13(19)17(23-3)7-11(15)5-6-12-8-18(24-4)14(20)10-16(12)22-2/h7-10H,5-6H2,1-4H3. The molecule has 0 aliphatic carbocycles. The van der Waals surface area contributed by atoms with Crippen molar-refractivity contribution in [2.75, 3.05) is 28.4 Å². The van der Waals surface area contributed by atoms with Gasteiger partial charge in [0, 0.05) is 0 Å². The first-order valence-electron chi connectivity index (χ1n) is 7.34. The van der Waals surface area contributed by atoms with Crippen LogP contribution in [0, 0.1) is 0 Å². The monoisotopic (exact) mass is 458 g/mol. The quantitative estimate of drug-likeness (QED) is 0.581. The molecule has 0 N–H and O–H groups in total. The van der Waals surface area contributed by atoms with Crippen LogP contribution in [0.25, 0.3) is 0 Å². The van der Waals surface area contributed by atoms with Crippen LogP contribution in [0.4, 0.5) is 0 Å². The van der Waals surface area contributed by atoms with E-state index in [-0.39, 0.29) is 0 Å². The Balaban J connectivity index is 2.30. The van der Waals surface area contributed by atoms with E-state index in [1.165, 1.54) is 0 Å². The number of aryl methyl sites for hydroxylation is 2. The van der Waals surface area contributed by atoms with Crippen LogP contribution in [0.1, 0.15) is 11.1 Å². The van der Waals surface area contributed by atoms with E-state index in [0.717, 1.165) is 55.9 Å². The average molecular weight is 460 g/mol. The fraction of sp³-hybridized carbons (Fsp3) is 0.333. The largest absolute Gasteiger partial charge is 0.496 e. The minimum Gasteiger partial charge on any atom is -0.496 e. The second-order valence-electron chi connectivity index (χ2n) is 5.10. The van der Waals surface area contributed by atoms with Crippen LogP contribution >= 0.6 is 31.9 Å². The van der Waals surface area contributed by atoms with Crippen molar-refractivity contribution in [1.82, 2.24) is 0 Å². The summed E-state index contributed by atoms with van der Waals surface area (Å²) in [6.45, 7) is 0. The molecule has 0 spiro atoms. The van der Waals surface area contributed by atoms with Crippen LogP contribution in [0.2, 0.25) is 0 Å². The molecule has 0 aliphatic rings. The predicted octanol–water partition coefficient (Wildman–Crippen LogP) is 5.03. The molecule has 24 heavy (non-hydrogen) atoms. The van der Waals surface area contributed by atoms with Crippen molar-refractivity contribution in [2.45, 2.75) is 12.8 Å². The van der Waals surface area contributed by atoms with Gasteiger partial charge >= 0.3 is 0 Å².